The monoisotopic (exact) mass is 448 g/mol. The molecular formula is C19H27BrF2N2OS. The number of nitrogens with one attached hydrogen (secondary N) is 1. The average molecular weight is 449 g/mol. The van der Waals surface area contributed by atoms with Crippen molar-refractivity contribution in [2.75, 3.05) is 0 Å². The van der Waals surface area contributed by atoms with E-state index in [1.165, 1.54) is 0 Å². The molecular weight excluding hydrogens is 422 g/mol. The van der Waals surface area contributed by atoms with Gasteiger partial charge in [0.05, 0.1) is 0 Å². The molecule has 1 aromatic carbocycles. The fraction of sp³-hybridized carbons (Fsp3) is 0.579. The summed E-state index contributed by atoms with van der Waals surface area (Å²) in [6, 6.07) is 4.33. The normalized spacial score (nSPS) is 15.7. The van der Waals surface area contributed by atoms with Gasteiger partial charge in [-0.25, -0.2) is 8.78 Å². The Kier molecular flexibility index (Phi) is 6.48. The van der Waals surface area contributed by atoms with Gasteiger partial charge in [-0.3, -0.25) is 0 Å². The minimum atomic E-state index is -2.67. The molecule has 0 saturated carbocycles. The topological polar surface area (TPSA) is 40.0 Å². The van der Waals surface area contributed by atoms with Crippen molar-refractivity contribution in [1.82, 2.24) is 9.29 Å². The van der Waals surface area contributed by atoms with Crippen LogP contribution < -0.4 is 4.72 Å². The zero-order valence-corrected chi connectivity index (χ0v) is 18.5. The molecule has 1 heterocycles. The molecule has 146 valence electrons. The number of hydrogen-bond donors (Lipinski definition) is 1. The molecule has 0 radical (unpaired) electrons. The van der Waals surface area contributed by atoms with Gasteiger partial charge in [0, 0.05) is 45.0 Å². The summed E-state index contributed by atoms with van der Waals surface area (Å²) in [5, 5.41) is 0.751. The van der Waals surface area contributed by atoms with Crippen LogP contribution in [0.1, 0.15) is 53.1 Å². The lowest BCUT2D eigenvalue weighted by molar-refractivity contribution is 0.109. The first-order chi connectivity index (χ1) is 11.8. The van der Waals surface area contributed by atoms with Gasteiger partial charge < -0.3 is 9.12 Å². The predicted molar refractivity (Wildman–Crippen MR) is 109 cm³/mol. The fourth-order valence-electron chi connectivity index (χ4n) is 2.73. The van der Waals surface area contributed by atoms with Crippen molar-refractivity contribution >= 4 is 38.2 Å². The van der Waals surface area contributed by atoms with Crippen LogP contribution in [-0.2, 0) is 17.9 Å². The van der Waals surface area contributed by atoms with Crippen molar-refractivity contribution in [3.05, 3.63) is 34.4 Å². The Labute approximate surface area is 166 Å². The van der Waals surface area contributed by atoms with Gasteiger partial charge in [-0.2, -0.15) is 0 Å². The van der Waals surface area contributed by atoms with Crippen molar-refractivity contribution in [2.24, 2.45) is 5.41 Å². The van der Waals surface area contributed by atoms with Crippen molar-refractivity contribution < 1.29 is 13.3 Å². The van der Waals surface area contributed by atoms with E-state index in [2.05, 4.69) is 41.4 Å². The van der Waals surface area contributed by atoms with Crippen LogP contribution in [0.4, 0.5) is 8.78 Å². The highest BCUT2D eigenvalue weighted by Crippen LogP contribution is 2.34. The minimum Gasteiger partial charge on any atom is -0.598 e. The molecule has 0 saturated heterocycles. The van der Waals surface area contributed by atoms with Crippen molar-refractivity contribution in [3.63, 3.8) is 0 Å². The second kappa shape index (κ2) is 7.78. The van der Waals surface area contributed by atoms with Crippen molar-refractivity contribution in [2.45, 2.75) is 65.3 Å². The molecule has 1 N–H and O–H groups in total. The number of rotatable bonds is 5. The van der Waals surface area contributed by atoms with Crippen molar-refractivity contribution in [3.8, 4) is 0 Å². The molecule has 1 aromatic heterocycles. The van der Waals surface area contributed by atoms with Crippen LogP contribution in [0.2, 0.25) is 0 Å². The molecule has 26 heavy (non-hydrogen) atoms. The van der Waals surface area contributed by atoms with Crippen LogP contribution in [0, 0.1) is 5.41 Å². The lowest BCUT2D eigenvalue weighted by Crippen LogP contribution is -2.43. The van der Waals surface area contributed by atoms with E-state index < -0.39 is 28.6 Å². The van der Waals surface area contributed by atoms with E-state index in [0.717, 1.165) is 15.4 Å². The molecule has 0 bridgehead atoms. The van der Waals surface area contributed by atoms with Gasteiger partial charge in [0.15, 0.2) is 0 Å². The molecule has 3 nitrogen and oxygen atoms in total. The van der Waals surface area contributed by atoms with Gasteiger partial charge in [0.25, 0.3) is 6.43 Å². The number of aromatic nitrogens is 1. The molecule has 7 heteroatoms. The Bertz CT molecular complexity index is 765. The van der Waals surface area contributed by atoms with E-state index in [1.807, 2.05) is 22.8 Å². The van der Waals surface area contributed by atoms with Gasteiger partial charge in [0.2, 0.25) is 0 Å². The van der Waals surface area contributed by atoms with E-state index in [9.17, 15) is 13.3 Å². The zero-order chi connectivity index (χ0) is 19.9. The summed E-state index contributed by atoms with van der Waals surface area (Å²) < 4.78 is 45.1. The third-order valence-electron chi connectivity index (χ3n) is 3.90. The SMILES string of the molecule is CC(C)(C)Cn1cc([C@H](N[S+]([O-])C(C)(C)C)C(F)F)c2ccc(Br)cc21. The Balaban J connectivity index is 2.55. The highest BCUT2D eigenvalue weighted by Gasteiger charge is 2.35. The molecule has 0 spiro atoms. The van der Waals surface area contributed by atoms with Crippen LogP contribution in [0.15, 0.2) is 28.9 Å². The van der Waals surface area contributed by atoms with Crippen LogP contribution in [0.5, 0.6) is 0 Å². The standard InChI is InChI=1S/C19H27BrF2N2OS/c1-18(2,3)11-24-10-14(13-8-7-12(20)9-15(13)24)16(17(21)22)23-26(25)19(4,5)6/h7-10,16-17,23H,11H2,1-6H3/t16-,26?/m0/s1. The molecule has 0 aliphatic heterocycles. The maximum atomic E-state index is 13.9. The largest absolute Gasteiger partial charge is 0.598 e. The molecule has 0 aliphatic rings. The summed E-state index contributed by atoms with van der Waals surface area (Å²) in [5.41, 5.74) is 1.36. The average Bonchev–Trinajstić information content (AvgIpc) is 2.79. The smallest absolute Gasteiger partial charge is 0.262 e. The van der Waals surface area contributed by atoms with Gasteiger partial charge in [-0.15, -0.1) is 4.72 Å². The number of fused-ring (bicyclic) bond motifs is 1. The molecule has 2 atom stereocenters. The van der Waals surface area contributed by atoms with Gasteiger partial charge in [-0.1, -0.05) is 42.8 Å². The summed E-state index contributed by atoms with van der Waals surface area (Å²) in [4.78, 5) is 0. The predicted octanol–water partition coefficient (Wildman–Crippen LogP) is 5.81. The Morgan fingerprint density at radius 2 is 1.81 bits per heavy atom. The van der Waals surface area contributed by atoms with Gasteiger partial charge in [-0.05, 0) is 38.3 Å². The third-order valence-corrected chi connectivity index (χ3v) is 5.97. The number of hydrogen-bond acceptors (Lipinski definition) is 2. The van der Waals surface area contributed by atoms with Crippen LogP contribution >= 0.6 is 15.9 Å². The highest BCUT2D eigenvalue weighted by molar-refractivity contribution is 9.10. The zero-order valence-electron chi connectivity index (χ0n) is 16.1. The maximum absolute atomic E-state index is 13.9. The Morgan fingerprint density at radius 3 is 2.31 bits per heavy atom. The van der Waals surface area contributed by atoms with Gasteiger partial charge in [0.1, 0.15) is 10.8 Å². The second-order valence-electron chi connectivity index (χ2n) is 8.75. The molecule has 2 aromatic rings. The first kappa shape index (κ1) is 21.7. The number of halogens is 3. The van der Waals surface area contributed by atoms with Crippen LogP contribution in [0.25, 0.3) is 10.9 Å². The lowest BCUT2D eigenvalue weighted by atomic mass is 9.97. The quantitative estimate of drug-likeness (QED) is 0.586. The lowest BCUT2D eigenvalue weighted by Gasteiger charge is -2.27. The third kappa shape index (κ3) is 5.21. The fourth-order valence-corrected chi connectivity index (χ4v) is 3.89. The summed E-state index contributed by atoms with van der Waals surface area (Å²) in [6.07, 6.45) is -0.898. The first-order valence-electron chi connectivity index (χ1n) is 8.54. The van der Waals surface area contributed by atoms with Crippen LogP contribution in [0.3, 0.4) is 0 Å². The van der Waals surface area contributed by atoms with Crippen molar-refractivity contribution in [1.29, 1.82) is 0 Å². The highest BCUT2D eigenvalue weighted by atomic mass is 79.9. The van der Waals surface area contributed by atoms with E-state index in [-0.39, 0.29) is 5.41 Å². The summed E-state index contributed by atoms with van der Waals surface area (Å²) in [6.45, 7) is 12.3. The summed E-state index contributed by atoms with van der Waals surface area (Å²) in [7, 11) is 0. The summed E-state index contributed by atoms with van der Waals surface area (Å²) in [5.74, 6) is 0. The number of nitrogens with zero attached hydrogens (tertiary/aromatic N) is 1. The van der Waals surface area contributed by atoms with Gasteiger partial charge >= 0.3 is 0 Å². The number of benzene rings is 1. The molecule has 0 amide bonds. The molecule has 1 unspecified atom stereocenters. The Morgan fingerprint density at radius 1 is 1.19 bits per heavy atom. The second-order valence-corrected chi connectivity index (χ2v) is 11.7. The molecule has 0 aliphatic carbocycles. The number of alkyl halides is 2. The van der Waals surface area contributed by atoms with Crippen LogP contribution in [-0.4, -0.2) is 20.3 Å². The Hall–Kier alpha value is -0.630. The molecule has 0 fully saturated rings. The maximum Gasteiger partial charge on any atom is 0.262 e. The van der Waals surface area contributed by atoms with E-state index in [4.69, 9.17) is 0 Å². The summed E-state index contributed by atoms with van der Waals surface area (Å²) >= 11 is 1.87. The van der Waals surface area contributed by atoms with E-state index in [1.54, 1.807) is 27.0 Å². The van der Waals surface area contributed by atoms with E-state index >= 15 is 0 Å². The van der Waals surface area contributed by atoms with E-state index in [0.29, 0.717) is 12.1 Å². The molecule has 2 rings (SSSR count). The minimum absolute atomic E-state index is 0.00643. The first-order valence-corrected chi connectivity index (χ1v) is 10.5.